The molecular formula is C22H27N7O2. The topological polar surface area (TPSA) is 89.3 Å². The molecule has 5 rings (SSSR count). The molecule has 2 fully saturated rings. The maximum Gasteiger partial charge on any atom is 0.253 e. The number of nitrogens with zero attached hydrogens (tertiary/aromatic N) is 7. The number of tetrazole rings is 1. The van der Waals surface area contributed by atoms with E-state index in [0.29, 0.717) is 31.8 Å². The Labute approximate surface area is 181 Å². The average molecular weight is 422 g/mol. The van der Waals surface area contributed by atoms with Crippen LogP contribution in [0.4, 0.5) is 0 Å². The standard InChI is InChI=1S/C22H27N7O2/c1-31-14-13-29-21(24-25-26-29)22(28-10-2-3-11-28)8-12-27(16-22)20(30)18-6-7-19-17(15-18)5-4-9-23-19/h4-7,9,15H,2-3,8,10-14,16H2,1H3. The highest BCUT2D eigenvalue weighted by Gasteiger charge is 2.50. The minimum absolute atomic E-state index is 0.0442. The summed E-state index contributed by atoms with van der Waals surface area (Å²) in [5, 5.41) is 13.6. The molecule has 0 radical (unpaired) electrons. The number of aromatic nitrogens is 5. The smallest absolute Gasteiger partial charge is 0.253 e. The summed E-state index contributed by atoms with van der Waals surface area (Å²) in [5.74, 6) is 0.882. The first kappa shape index (κ1) is 20.0. The summed E-state index contributed by atoms with van der Waals surface area (Å²) in [7, 11) is 1.68. The molecule has 9 nitrogen and oxygen atoms in total. The second-order valence-electron chi connectivity index (χ2n) is 8.33. The van der Waals surface area contributed by atoms with Crippen molar-refractivity contribution in [2.45, 2.75) is 31.3 Å². The third kappa shape index (κ3) is 3.57. The van der Waals surface area contributed by atoms with Crippen molar-refractivity contribution in [1.29, 1.82) is 0 Å². The number of carbonyl (C=O) groups excluding carboxylic acids is 1. The predicted octanol–water partition coefficient (Wildman–Crippen LogP) is 1.70. The zero-order valence-electron chi connectivity index (χ0n) is 17.8. The third-order valence-electron chi connectivity index (χ3n) is 6.55. The molecule has 31 heavy (non-hydrogen) atoms. The van der Waals surface area contributed by atoms with Gasteiger partial charge in [0, 0.05) is 37.3 Å². The molecule has 9 heteroatoms. The molecular weight excluding hydrogens is 394 g/mol. The van der Waals surface area contributed by atoms with Crippen molar-refractivity contribution in [3.63, 3.8) is 0 Å². The van der Waals surface area contributed by atoms with Crippen molar-refractivity contribution in [1.82, 2.24) is 35.0 Å². The summed E-state index contributed by atoms with van der Waals surface area (Å²) in [5.41, 5.74) is 1.22. The van der Waals surface area contributed by atoms with E-state index >= 15 is 0 Å². The van der Waals surface area contributed by atoms with Gasteiger partial charge in [-0.2, -0.15) is 0 Å². The van der Waals surface area contributed by atoms with E-state index in [2.05, 4.69) is 25.4 Å². The van der Waals surface area contributed by atoms with Gasteiger partial charge in [0.1, 0.15) is 5.54 Å². The van der Waals surface area contributed by atoms with Gasteiger partial charge in [-0.1, -0.05) is 6.07 Å². The fourth-order valence-electron chi connectivity index (χ4n) is 4.95. The Morgan fingerprint density at radius 3 is 2.90 bits per heavy atom. The molecule has 1 atom stereocenters. The fourth-order valence-corrected chi connectivity index (χ4v) is 4.95. The van der Waals surface area contributed by atoms with Crippen LogP contribution in [0, 0.1) is 0 Å². The van der Waals surface area contributed by atoms with Crippen LogP contribution in [0.5, 0.6) is 0 Å². The van der Waals surface area contributed by atoms with Crippen molar-refractivity contribution in [3.8, 4) is 0 Å². The lowest BCUT2D eigenvalue weighted by Gasteiger charge is -2.37. The average Bonchev–Trinajstić information content (AvgIpc) is 3.57. The molecule has 0 saturated carbocycles. The minimum atomic E-state index is -0.359. The van der Waals surface area contributed by atoms with Gasteiger partial charge in [-0.25, -0.2) is 4.68 Å². The maximum absolute atomic E-state index is 13.4. The SMILES string of the molecule is COCCn1nnnc1C1(N2CCCC2)CCN(C(=O)c2ccc3ncccc3c2)C1. The quantitative estimate of drug-likeness (QED) is 0.598. The lowest BCUT2D eigenvalue weighted by atomic mass is 9.95. The second kappa shape index (κ2) is 8.32. The van der Waals surface area contributed by atoms with E-state index in [0.717, 1.165) is 49.1 Å². The monoisotopic (exact) mass is 421 g/mol. The predicted molar refractivity (Wildman–Crippen MR) is 114 cm³/mol. The van der Waals surface area contributed by atoms with Crippen LogP contribution in [-0.4, -0.2) is 80.8 Å². The second-order valence-corrected chi connectivity index (χ2v) is 8.33. The number of methoxy groups -OCH3 is 1. The Kier molecular flexibility index (Phi) is 5.37. The van der Waals surface area contributed by atoms with E-state index in [1.54, 1.807) is 13.3 Å². The Hall–Kier alpha value is -2.91. The molecule has 1 aromatic carbocycles. The maximum atomic E-state index is 13.4. The first-order valence-electron chi connectivity index (χ1n) is 10.9. The highest BCUT2D eigenvalue weighted by atomic mass is 16.5. The molecule has 162 valence electrons. The number of amides is 1. The van der Waals surface area contributed by atoms with E-state index in [-0.39, 0.29) is 11.4 Å². The molecule has 0 spiro atoms. The van der Waals surface area contributed by atoms with Crippen LogP contribution < -0.4 is 0 Å². The zero-order valence-corrected chi connectivity index (χ0v) is 17.8. The van der Waals surface area contributed by atoms with Gasteiger partial charge in [0.15, 0.2) is 5.82 Å². The summed E-state index contributed by atoms with van der Waals surface area (Å²) in [4.78, 5) is 22.2. The highest BCUT2D eigenvalue weighted by Crippen LogP contribution is 2.39. The normalized spacial score (nSPS) is 21.9. The van der Waals surface area contributed by atoms with Gasteiger partial charge in [0.25, 0.3) is 5.91 Å². The Morgan fingerprint density at radius 2 is 2.06 bits per heavy atom. The van der Waals surface area contributed by atoms with E-state index in [1.807, 2.05) is 39.9 Å². The highest BCUT2D eigenvalue weighted by molar-refractivity contribution is 5.98. The largest absolute Gasteiger partial charge is 0.383 e. The molecule has 2 saturated heterocycles. The first-order chi connectivity index (χ1) is 15.2. The first-order valence-corrected chi connectivity index (χ1v) is 10.9. The Balaban J connectivity index is 1.45. The van der Waals surface area contributed by atoms with E-state index in [9.17, 15) is 4.79 Å². The van der Waals surface area contributed by atoms with Crippen LogP contribution in [0.25, 0.3) is 10.9 Å². The number of ether oxygens (including phenoxy) is 1. The van der Waals surface area contributed by atoms with Crippen LogP contribution >= 0.6 is 0 Å². The van der Waals surface area contributed by atoms with E-state index < -0.39 is 0 Å². The van der Waals surface area contributed by atoms with Crippen LogP contribution in [0.3, 0.4) is 0 Å². The number of hydrogen-bond acceptors (Lipinski definition) is 7. The molecule has 2 aliphatic rings. The minimum Gasteiger partial charge on any atom is -0.383 e. The summed E-state index contributed by atoms with van der Waals surface area (Å²) < 4.78 is 7.09. The molecule has 1 amide bonds. The lowest BCUT2D eigenvalue weighted by molar-refractivity contribution is 0.0698. The van der Waals surface area contributed by atoms with Gasteiger partial charge < -0.3 is 9.64 Å². The summed E-state index contributed by atoms with van der Waals surface area (Å²) in [6.45, 7) is 4.41. The van der Waals surface area contributed by atoms with Gasteiger partial charge in [-0.3, -0.25) is 14.7 Å². The summed E-state index contributed by atoms with van der Waals surface area (Å²) in [6, 6.07) is 9.60. The van der Waals surface area contributed by atoms with Crippen molar-refractivity contribution < 1.29 is 9.53 Å². The number of benzene rings is 1. The van der Waals surface area contributed by atoms with Crippen LogP contribution in [0.15, 0.2) is 36.5 Å². The van der Waals surface area contributed by atoms with E-state index in [1.165, 1.54) is 0 Å². The number of fused-ring (bicyclic) bond motifs is 1. The van der Waals surface area contributed by atoms with Gasteiger partial charge >= 0.3 is 0 Å². The van der Waals surface area contributed by atoms with E-state index in [4.69, 9.17) is 4.74 Å². The van der Waals surface area contributed by atoms with Crippen LogP contribution in [0.2, 0.25) is 0 Å². The number of likely N-dealkylation sites (tertiary alicyclic amines) is 2. The van der Waals surface area contributed by atoms with Crippen LogP contribution in [-0.2, 0) is 16.8 Å². The van der Waals surface area contributed by atoms with Crippen molar-refractivity contribution >= 4 is 16.8 Å². The lowest BCUT2D eigenvalue weighted by Crippen LogP contribution is -2.49. The summed E-state index contributed by atoms with van der Waals surface area (Å²) in [6.07, 6.45) is 4.91. The number of hydrogen-bond donors (Lipinski definition) is 0. The Morgan fingerprint density at radius 1 is 1.19 bits per heavy atom. The third-order valence-corrected chi connectivity index (χ3v) is 6.55. The number of carbonyl (C=O) groups is 1. The molecule has 0 aliphatic carbocycles. The van der Waals surface area contributed by atoms with Crippen LogP contribution in [0.1, 0.15) is 35.4 Å². The Bertz CT molecular complexity index is 1080. The molecule has 2 aliphatic heterocycles. The molecule has 0 bridgehead atoms. The zero-order chi connectivity index (χ0) is 21.3. The number of rotatable bonds is 6. The molecule has 1 unspecified atom stereocenters. The molecule has 2 aromatic heterocycles. The molecule has 3 aromatic rings. The van der Waals surface area contributed by atoms with Gasteiger partial charge in [-0.15, -0.1) is 5.10 Å². The van der Waals surface area contributed by atoms with Gasteiger partial charge in [0.05, 0.1) is 18.7 Å². The van der Waals surface area contributed by atoms with Gasteiger partial charge in [0.2, 0.25) is 0 Å². The number of pyridine rings is 1. The molecule has 4 heterocycles. The van der Waals surface area contributed by atoms with Crippen molar-refractivity contribution in [3.05, 3.63) is 47.9 Å². The van der Waals surface area contributed by atoms with Gasteiger partial charge in [-0.05, 0) is 67.0 Å². The summed E-state index contributed by atoms with van der Waals surface area (Å²) >= 11 is 0. The fraction of sp³-hybridized carbons (Fsp3) is 0.500. The van der Waals surface area contributed by atoms with Crippen molar-refractivity contribution in [2.24, 2.45) is 0 Å². The molecule has 0 N–H and O–H groups in total. The van der Waals surface area contributed by atoms with Crippen molar-refractivity contribution in [2.75, 3.05) is 39.9 Å².